The highest BCUT2D eigenvalue weighted by Crippen LogP contribution is 2.34. The van der Waals surface area contributed by atoms with Crippen LogP contribution in [0.25, 0.3) is 0 Å². The van der Waals surface area contributed by atoms with E-state index in [0.29, 0.717) is 32.7 Å². The van der Waals surface area contributed by atoms with E-state index in [1.165, 1.54) is 5.56 Å². The van der Waals surface area contributed by atoms with Crippen LogP contribution in [0.1, 0.15) is 39.2 Å². The molecule has 2 rings (SSSR count). The molecule has 0 aromatic heterocycles. The van der Waals surface area contributed by atoms with Crippen molar-refractivity contribution < 1.29 is 14.3 Å². The van der Waals surface area contributed by atoms with Gasteiger partial charge in [0, 0.05) is 26.2 Å². The maximum atomic E-state index is 12.4. The summed E-state index contributed by atoms with van der Waals surface area (Å²) in [7, 11) is 0. The first kappa shape index (κ1) is 22.0. The van der Waals surface area contributed by atoms with E-state index < -0.39 is 11.7 Å². The zero-order valence-electron chi connectivity index (χ0n) is 17.3. The average Bonchev–Trinajstić information content (AvgIpc) is 2.65. The fourth-order valence-corrected chi connectivity index (χ4v) is 3.43. The van der Waals surface area contributed by atoms with Crippen LogP contribution in [0.15, 0.2) is 30.3 Å². The highest BCUT2D eigenvalue weighted by Gasteiger charge is 2.34. The highest BCUT2D eigenvalue weighted by molar-refractivity contribution is 5.74. The Morgan fingerprint density at radius 3 is 2.29 bits per heavy atom. The van der Waals surface area contributed by atoms with Crippen LogP contribution in [-0.2, 0) is 11.2 Å². The van der Waals surface area contributed by atoms with Crippen molar-refractivity contribution in [3.05, 3.63) is 35.9 Å². The van der Waals surface area contributed by atoms with Gasteiger partial charge in [0.1, 0.15) is 5.60 Å². The summed E-state index contributed by atoms with van der Waals surface area (Å²) in [4.78, 5) is 25.8. The second-order valence-corrected chi connectivity index (χ2v) is 8.51. The van der Waals surface area contributed by atoms with Gasteiger partial charge >= 0.3 is 12.1 Å². The maximum Gasteiger partial charge on any atom is 0.407 e. The molecule has 1 saturated heterocycles. The molecule has 4 N–H and O–H groups in total. The van der Waals surface area contributed by atoms with E-state index in [1.54, 1.807) is 0 Å². The van der Waals surface area contributed by atoms with Crippen LogP contribution in [0.2, 0.25) is 0 Å². The van der Waals surface area contributed by atoms with Crippen LogP contribution in [0.5, 0.6) is 0 Å². The third-order valence-corrected chi connectivity index (χ3v) is 5.04. The second kappa shape index (κ2) is 9.78. The Labute approximate surface area is 168 Å². The number of nitrogens with one attached hydrogen (secondary N) is 2. The minimum absolute atomic E-state index is 0.0520. The molecule has 156 valence electrons. The lowest BCUT2D eigenvalue weighted by molar-refractivity contribution is 0.0527. The summed E-state index contributed by atoms with van der Waals surface area (Å²) in [5.74, 6) is 0. The minimum Gasteiger partial charge on any atom is -0.444 e. The monoisotopic (exact) mass is 390 g/mol. The molecular formula is C21H34N4O3. The molecule has 0 aliphatic carbocycles. The molecule has 1 heterocycles. The SMILES string of the molecule is CC(C)(C)OC(=O)NCCNC(=O)N1CCC(CN)(Cc2ccccc2)CC1. The molecule has 7 nitrogen and oxygen atoms in total. The number of benzene rings is 1. The number of ether oxygens (including phenoxy) is 1. The number of hydrogen-bond donors (Lipinski definition) is 3. The number of hydrogen-bond acceptors (Lipinski definition) is 4. The average molecular weight is 391 g/mol. The van der Waals surface area contributed by atoms with E-state index in [-0.39, 0.29) is 11.4 Å². The molecule has 0 saturated carbocycles. The number of amides is 3. The lowest BCUT2D eigenvalue weighted by Crippen LogP contribution is -2.51. The van der Waals surface area contributed by atoms with Crippen LogP contribution in [0.3, 0.4) is 0 Å². The van der Waals surface area contributed by atoms with Gasteiger partial charge in [-0.25, -0.2) is 9.59 Å². The van der Waals surface area contributed by atoms with Crippen molar-refractivity contribution in [2.24, 2.45) is 11.1 Å². The molecular weight excluding hydrogens is 356 g/mol. The number of carbonyl (C=O) groups excluding carboxylic acids is 2. The Balaban J connectivity index is 1.71. The van der Waals surface area contributed by atoms with Gasteiger partial charge in [-0.3, -0.25) is 0 Å². The van der Waals surface area contributed by atoms with Gasteiger partial charge in [0.25, 0.3) is 0 Å². The Morgan fingerprint density at radius 1 is 1.11 bits per heavy atom. The van der Waals surface area contributed by atoms with Crippen LogP contribution in [0, 0.1) is 5.41 Å². The summed E-state index contributed by atoms with van der Waals surface area (Å²) in [6.45, 7) is 8.12. The first-order valence-electron chi connectivity index (χ1n) is 9.97. The van der Waals surface area contributed by atoms with Gasteiger partial charge < -0.3 is 26.0 Å². The summed E-state index contributed by atoms with van der Waals surface area (Å²) in [6.07, 6.45) is 2.25. The molecule has 3 amide bonds. The van der Waals surface area contributed by atoms with Gasteiger partial charge in [-0.2, -0.15) is 0 Å². The van der Waals surface area contributed by atoms with Gasteiger partial charge in [0.15, 0.2) is 0 Å². The Hall–Kier alpha value is -2.28. The van der Waals surface area contributed by atoms with Gasteiger partial charge in [-0.15, -0.1) is 0 Å². The fraction of sp³-hybridized carbons (Fsp3) is 0.619. The van der Waals surface area contributed by atoms with Crippen molar-refractivity contribution in [2.75, 3.05) is 32.7 Å². The van der Waals surface area contributed by atoms with Gasteiger partial charge in [-0.1, -0.05) is 30.3 Å². The molecule has 0 bridgehead atoms. The third kappa shape index (κ3) is 7.03. The Kier molecular flexibility index (Phi) is 7.69. The topological polar surface area (TPSA) is 96.7 Å². The lowest BCUT2D eigenvalue weighted by atomic mass is 9.74. The molecule has 1 fully saturated rings. The second-order valence-electron chi connectivity index (χ2n) is 8.51. The summed E-state index contributed by atoms with van der Waals surface area (Å²) in [6, 6.07) is 10.3. The van der Waals surface area contributed by atoms with Crippen LogP contribution in [0.4, 0.5) is 9.59 Å². The number of carbonyl (C=O) groups is 2. The largest absolute Gasteiger partial charge is 0.444 e. The van der Waals surface area contributed by atoms with Gasteiger partial charge in [-0.05, 0) is 57.6 Å². The Morgan fingerprint density at radius 2 is 1.71 bits per heavy atom. The minimum atomic E-state index is -0.531. The van der Waals surface area contributed by atoms with Crippen molar-refractivity contribution in [3.63, 3.8) is 0 Å². The molecule has 1 aromatic carbocycles. The van der Waals surface area contributed by atoms with E-state index >= 15 is 0 Å². The van der Waals surface area contributed by atoms with Crippen LogP contribution < -0.4 is 16.4 Å². The van der Waals surface area contributed by atoms with Crippen molar-refractivity contribution in [1.82, 2.24) is 15.5 Å². The quantitative estimate of drug-likeness (QED) is 0.650. The molecule has 7 heteroatoms. The summed E-state index contributed by atoms with van der Waals surface area (Å²) in [5.41, 5.74) is 6.92. The van der Waals surface area contributed by atoms with Crippen molar-refractivity contribution >= 4 is 12.1 Å². The highest BCUT2D eigenvalue weighted by atomic mass is 16.6. The predicted molar refractivity (Wildman–Crippen MR) is 110 cm³/mol. The number of alkyl carbamates (subject to hydrolysis) is 1. The van der Waals surface area contributed by atoms with Crippen molar-refractivity contribution in [2.45, 2.75) is 45.6 Å². The van der Waals surface area contributed by atoms with Crippen LogP contribution >= 0.6 is 0 Å². The lowest BCUT2D eigenvalue weighted by Gasteiger charge is -2.41. The maximum absolute atomic E-state index is 12.4. The van der Waals surface area contributed by atoms with E-state index in [1.807, 2.05) is 43.9 Å². The molecule has 28 heavy (non-hydrogen) atoms. The molecule has 1 aromatic rings. The molecule has 1 aliphatic heterocycles. The van der Waals surface area contributed by atoms with Crippen molar-refractivity contribution in [1.29, 1.82) is 0 Å². The number of rotatable bonds is 6. The third-order valence-electron chi connectivity index (χ3n) is 5.04. The number of piperidine rings is 1. The zero-order chi connectivity index (χ0) is 20.6. The van der Waals surface area contributed by atoms with Crippen molar-refractivity contribution in [3.8, 4) is 0 Å². The van der Waals surface area contributed by atoms with E-state index in [0.717, 1.165) is 19.3 Å². The number of nitrogens with two attached hydrogens (primary N) is 1. The first-order chi connectivity index (χ1) is 13.2. The Bertz CT molecular complexity index is 635. The molecule has 0 unspecified atom stereocenters. The number of urea groups is 1. The standard InChI is InChI=1S/C21H34N4O3/c1-20(2,3)28-19(27)24-12-11-23-18(26)25-13-9-21(16-22,10-14-25)15-17-7-5-4-6-8-17/h4-8H,9-16,22H2,1-3H3,(H,23,26)(H,24,27). The number of likely N-dealkylation sites (tertiary alicyclic amines) is 1. The first-order valence-corrected chi connectivity index (χ1v) is 9.97. The fourth-order valence-electron chi connectivity index (χ4n) is 3.43. The van der Waals surface area contributed by atoms with E-state index in [9.17, 15) is 9.59 Å². The smallest absolute Gasteiger partial charge is 0.407 e. The summed E-state index contributed by atoms with van der Waals surface area (Å²) in [5, 5.41) is 5.49. The molecule has 0 atom stereocenters. The van der Waals surface area contributed by atoms with E-state index in [2.05, 4.69) is 22.8 Å². The molecule has 0 spiro atoms. The predicted octanol–water partition coefficient (Wildman–Crippen LogP) is 2.50. The molecule has 0 radical (unpaired) electrons. The summed E-state index contributed by atoms with van der Waals surface area (Å²) >= 11 is 0. The molecule has 1 aliphatic rings. The van der Waals surface area contributed by atoms with Gasteiger partial charge in [0.05, 0.1) is 0 Å². The number of nitrogens with zero attached hydrogens (tertiary/aromatic N) is 1. The van der Waals surface area contributed by atoms with E-state index in [4.69, 9.17) is 10.5 Å². The van der Waals surface area contributed by atoms with Gasteiger partial charge in [0.2, 0.25) is 0 Å². The normalized spacial score (nSPS) is 16.4. The van der Waals surface area contributed by atoms with Crippen LogP contribution in [-0.4, -0.2) is 55.3 Å². The summed E-state index contributed by atoms with van der Waals surface area (Å²) < 4.78 is 5.16. The zero-order valence-corrected chi connectivity index (χ0v) is 17.3.